The Hall–Kier alpha value is -3.83. The Labute approximate surface area is 204 Å². The Morgan fingerprint density at radius 3 is 2.77 bits per heavy atom. The summed E-state index contributed by atoms with van der Waals surface area (Å²) in [6.45, 7) is -0.250. The third-order valence-electron chi connectivity index (χ3n) is 6.29. The lowest BCUT2D eigenvalue weighted by Gasteiger charge is -2.25. The van der Waals surface area contributed by atoms with Gasteiger partial charge in [0.25, 0.3) is 6.47 Å². The van der Waals surface area contributed by atoms with Crippen LogP contribution in [0.4, 0.5) is 5.82 Å². The maximum Gasteiger partial charge on any atom is 0.290 e. The van der Waals surface area contributed by atoms with E-state index in [-0.39, 0.29) is 12.6 Å². The van der Waals surface area contributed by atoms with Crippen LogP contribution in [-0.4, -0.2) is 54.2 Å². The van der Waals surface area contributed by atoms with Gasteiger partial charge >= 0.3 is 0 Å². The molecule has 35 heavy (non-hydrogen) atoms. The number of nitrogens with one attached hydrogen (secondary N) is 1. The van der Waals surface area contributed by atoms with Gasteiger partial charge in [-0.15, -0.1) is 5.10 Å². The molecule has 0 aliphatic heterocycles. The molecule has 0 amide bonds. The fourth-order valence-electron chi connectivity index (χ4n) is 4.56. The summed E-state index contributed by atoms with van der Waals surface area (Å²) >= 11 is 1.36. The number of aliphatic hydroxyl groups excluding tert-OH is 1. The van der Waals surface area contributed by atoms with Crippen molar-refractivity contribution in [1.29, 1.82) is 0 Å². The number of anilines is 1. The first-order valence-electron chi connectivity index (χ1n) is 11.2. The fourth-order valence-corrected chi connectivity index (χ4v) is 5.24. The number of carbonyl (C=O) groups is 1. The van der Waals surface area contributed by atoms with Crippen molar-refractivity contribution < 1.29 is 19.4 Å². The van der Waals surface area contributed by atoms with Crippen LogP contribution in [0.5, 0.6) is 0 Å². The van der Waals surface area contributed by atoms with Gasteiger partial charge in [0.05, 0.1) is 23.0 Å². The van der Waals surface area contributed by atoms with Gasteiger partial charge in [-0.2, -0.15) is 5.10 Å². The molecule has 1 aliphatic carbocycles. The number of aliphatic hydroxyl groups is 1. The van der Waals surface area contributed by atoms with E-state index in [9.17, 15) is 5.11 Å². The second-order valence-electron chi connectivity index (χ2n) is 8.33. The number of pyridine rings is 1. The van der Waals surface area contributed by atoms with Gasteiger partial charge in [-0.05, 0) is 55.4 Å². The lowest BCUT2D eigenvalue weighted by molar-refractivity contribution is -0.122. The van der Waals surface area contributed by atoms with Crippen molar-refractivity contribution in [1.82, 2.24) is 24.4 Å². The first-order valence-corrected chi connectivity index (χ1v) is 12.0. The van der Waals surface area contributed by atoms with E-state index in [0.29, 0.717) is 17.4 Å². The van der Waals surface area contributed by atoms with Crippen molar-refractivity contribution in [3.05, 3.63) is 42.9 Å². The topological polar surface area (TPSA) is 139 Å². The number of furan rings is 1. The summed E-state index contributed by atoms with van der Waals surface area (Å²) in [5.41, 5.74) is 4.52. The highest BCUT2D eigenvalue weighted by atomic mass is 32.1. The molecule has 0 unspecified atom stereocenters. The van der Waals surface area contributed by atoms with Gasteiger partial charge in [-0.25, -0.2) is 4.98 Å². The Morgan fingerprint density at radius 1 is 1.20 bits per heavy atom. The van der Waals surface area contributed by atoms with Gasteiger partial charge in [0.2, 0.25) is 0 Å². The molecule has 6 rings (SSSR count). The highest BCUT2D eigenvalue weighted by Crippen LogP contribution is 2.40. The lowest BCUT2D eigenvalue weighted by Crippen LogP contribution is -2.21. The van der Waals surface area contributed by atoms with Crippen LogP contribution in [0.15, 0.2) is 47.3 Å². The quantitative estimate of drug-likeness (QED) is 0.308. The SMILES string of the molecule is CNc1ncc(-c2cnn(C3CCC(O)CC3)c2)c2cc(-c3cccc4nnsc34)oc12.O=CO. The van der Waals surface area contributed by atoms with E-state index in [1.807, 2.05) is 42.3 Å². The minimum atomic E-state index is -0.250. The van der Waals surface area contributed by atoms with E-state index in [2.05, 4.69) is 37.2 Å². The normalized spacial score (nSPS) is 17.8. The van der Waals surface area contributed by atoms with Gasteiger partial charge in [0, 0.05) is 41.5 Å². The van der Waals surface area contributed by atoms with Gasteiger partial charge in [-0.1, -0.05) is 10.6 Å². The Kier molecular flexibility index (Phi) is 6.43. The van der Waals surface area contributed by atoms with Crippen LogP contribution in [0.2, 0.25) is 0 Å². The minimum Gasteiger partial charge on any atom is -0.483 e. The number of nitrogens with zero attached hydrogens (tertiary/aromatic N) is 5. The van der Waals surface area contributed by atoms with Crippen molar-refractivity contribution in [3.63, 3.8) is 0 Å². The van der Waals surface area contributed by atoms with Crippen molar-refractivity contribution in [2.45, 2.75) is 37.8 Å². The third-order valence-corrected chi connectivity index (χ3v) is 7.07. The van der Waals surface area contributed by atoms with Crippen LogP contribution in [0.25, 0.3) is 43.6 Å². The fraction of sp³-hybridized carbons (Fsp3) is 0.292. The molecule has 1 aromatic carbocycles. The molecule has 1 saturated carbocycles. The number of fused-ring (bicyclic) bond motifs is 2. The zero-order valence-electron chi connectivity index (χ0n) is 19.0. The molecule has 3 N–H and O–H groups in total. The van der Waals surface area contributed by atoms with Crippen LogP contribution in [0.1, 0.15) is 31.7 Å². The first-order chi connectivity index (χ1) is 17.1. The largest absolute Gasteiger partial charge is 0.483 e. The van der Waals surface area contributed by atoms with Crippen molar-refractivity contribution in [2.75, 3.05) is 12.4 Å². The van der Waals surface area contributed by atoms with E-state index >= 15 is 0 Å². The van der Waals surface area contributed by atoms with Crippen LogP contribution in [-0.2, 0) is 4.79 Å². The second kappa shape index (κ2) is 9.80. The summed E-state index contributed by atoms with van der Waals surface area (Å²) in [5, 5.41) is 29.6. The van der Waals surface area contributed by atoms with Crippen molar-refractivity contribution in [2.24, 2.45) is 0 Å². The number of hydrogen-bond acceptors (Lipinski definition) is 9. The molecule has 0 bridgehead atoms. The molecule has 5 aromatic rings. The van der Waals surface area contributed by atoms with Crippen LogP contribution in [0.3, 0.4) is 0 Å². The van der Waals surface area contributed by atoms with E-state index in [1.54, 1.807) is 0 Å². The Bertz CT molecular complexity index is 1470. The maximum absolute atomic E-state index is 9.81. The molecule has 4 heterocycles. The van der Waals surface area contributed by atoms with Crippen molar-refractivity contribution in [3.8, 4) is 22.5 Å². The number of aromatic nitrogens is 5. The van der Waals surface area contributed by atoms with Gasteiger partial charge in [0.15, 0.2) is 11.4 Å². The molecule has 0 saturated heterocycles. The molecule has 11 heteroatoms. The highest BCUT2D eigenvalue weighted by Gasteiger charge is 2.23. The smallest absolute Gasteiger partial charge is 0.290 e. The third kappa shape index (κ3) is 4.35. The molecule has 1 fully saturated rings. The minimum absolute atomic E-state index is 0.179. The zero-order chi connectivity index (χ0) is 24.4. The van der Waals surface area contributed by atoms with Crippen molar-refractivity contribution >= 4 is 45.0 Å². The standard InChI is InChI=1S/C23H22N6O2S.CH2O2/c1-24-23-21-17(9-20(31-21)16-3-2-4-19-22(16)32-28-27-19)18(11-25-23)13-10-26-29(12-13)14-5-7-15(30)8-6-14;2-1-3/h2-4,9-12,14-15,30H,5-8H2,1H3,(H,24,25);1H,(H,2,3). The number of carboxylic acid groups (broad SMARTS) is 1. The molecule has 0 spiro atoms. The monoisotopic (exact) mass is 492 g/mol. The number of rotatable bonds is 4. The summed E-state index contributed by atoms with van der Waals surface area (Å²) in [6, 6.07) is 8.34. The molecule has 4 aromatic heterocycles. The Balaban J connectivity index is 0.000000806. The Morgan fingerprint density at radius 2 is 2.00 bits per heavy atom. The maximum atomic E-state index is 9.81. The highest BCUT2D eigenvalue weighted by molar-refractivity contribution is 7.13. The molecule has 0 radical (unpaired) electrons. The summed E-state index contributed by atoms with van der Waals surface area (Å²) in [6.07, 6.45) is 9.20. The average molecular weight is 493 g/mol. The second-order valence-corrected chi connectivity index (χ2v) is 9.08. The summed E-state index contributed by atoms with van der Waals surface area (Å²) < 4.78 is 13.4. The summed E-state index contributed by atoms with van der Waals surface area (Å²) in [5.74, 6) is 1.45. The summed E-state index contributed by atoms with van der Waals surface area (Å²) in [4.78, 5) is 13.0. The summed E-state index contributed by atoms with van der Waals surface area (Å²) in [7, 11) is 1.84. The molecular formula is C24H24N6O4S. The first kappa shape index (κ1) is 22.9. The van der Waals surface area contributed by atoms with E-state index in [0.717, 1.165) is 63.7 Å². The predicted molar refractivity (Wildman–Crippen MR) is 133 cm³/mol. The predicted octanol–water partition coefficient (Wildman–Crippen LogP) is 4.58. The number of hydrogen-bond donors (Lipinski definition) is 3. The van der Waals surface area contributed by atoms with Gasteiger partial charge in [0.1, 0.15) is 11.3 Å². The molecular weight excluding hydrogens is 468 g/mol. The average Bonchev–Trinajstić information content (AvgIpc) is 3.63. The lowest BCUT2D eigenvalue weighted by atomic mass is 9.93. The molecule has 180 valence electrons. The van der Waals surface area contributed by atoms with Gasteiger partial charge in [-0.3, -0.25) is 9.48 Å². The van der Waals surface area contributed by atoms with Gasteiger partial charge < -0.3 is 19.9 Å². The van der Waals surface area contributed by atoms with Crippen LogP contribution >= 0.6 is 11.5 Å². The van der Waals surface area contributed by atoms with E-state index in [1.165, 1.54) is 11.5 Å². The zero-order valence-corrected chi connectivity index (χ0v) is 19.8. The molecule has 0 atom stereocenters. The number of benzene rings is 1. The van der Waals surface area contributed by atoms with Crippen LogP contribution in [0, 0.1) is 0 Å². The molecule has 10 nitrogen and oxygen atoms in total. The molecule has 1 aliphatic rings. The van der Waals surface area contributed by atoms with E-state index < -0.39 is 0 Å². The van der Waals surface area contributed by atoms with Crippen LogP contribution < -0.4 is 5.32 Å². The van der Waals surface area contributed by atoms with E-state index in [4.69, 9.17) is 14.3 Å².